The summed E-state index contributed by atoms with van der Waals surface area (Å²) in [6.07, 6.45) is 4.97. The molecule has 0 radical (unpaired) electrons. The average Bonchev–Trinajstić information content (AvgIpc) is 2.48. The second-order valence-corrected chi connectivity index (χ2v) is 6.57. The van der Waals surface area contributed by atoms with Gasteiger partial charge in [-0.2, -0.15) is 0 Å². The molecule has 0 heterocycles. The molecular weight excluding hydrogens is 284 g/mol. The van der Waals surface area contributed by atoms with Gasteiger partial charge in [0.15, 0.2) is 11.4 Å². The Balaban J connectivity index is 2.52. The highest BCUT2D eigenvalue weighted by Gasteiger charge is 2.48. The number of carbonyl (C=O) groups excluding carboxylic acids is 2. The Bertz CT molecular complexity index is 557. The Morgan fingerprint density at radius 3 is 2.59 bits per heavy atom. The van der Waals surface area contributed by atoms with Gasteiger partial charge in [-0.05, 0) is 37.3 Å². The number of fused-ring (bicyclic) bond motifs is 1. The number of hydrogen-bond acceptors (Lipinski definition) is 5. The van der Waals surface area contributed by atoms with Crippen LogP contribution in [0.2, 0.25) is 0 Å². The van der Waals surface area contributed by atoms with Crippen LogP contribution >= 0.6 is 0 Å². The van der Waals surface area contributed by atoms with E-state index >= 15 is 0 Å². The lowest BCUT2D eigenvalue weighted by molar-refractivity contribution is -0.157. The van der Waals surface area contributed by atoms with Gasteiger partial charge < -0.3 is 14.6 Å². The molecule has 0 aromatic heterocycles. The molecule has 2 aliphatic carbocycles. The maximum absolute atomic E-state index is 12.5. The molecule has 1 saturated carbocycles. The van der Waals surface area contributed by atoms with Gasteiger partial charge in [0.2, 0.25) is 0 Å². The van der Waals surface area contributed by atoms with E-state index in [2.05, 4.69) is 11.7 Å². The van der Waals surface area contributed by atoms with Crippen molar-refractivity contribution >= 4 is 11.8 Å². The van der Waals surface area contributed by atoms with Crippen molar-refractivity contribution in [2.24, 2.45) is 11.3 Å². The van der Waals surface area contributed by atoms with E-state index in [1.807, 2.05) is 6.92 Å². The minimum Gasteiger partial charge on any atom is -0.467 e. The number of methoxy groups -OCH3 is 2. The first-order valence-electron chi connectivity index (χ1n) is 7.51. The van der Waals surface area contributed by atoms with Crippen molar-refractivity contribution in [2.45, 2.75) is 45.3 Å². The molecule has 0 saturated heterocycles. The molecule has 122 valence electrons. The van der Waals surface area contributed by atoms with Crippen LogP contribution in [0.15, 0.2) is 23.3 Å². The van der Waals surface area contributed by atoms with Crippen LogP contribution in [0.4, 0.5) is 0 Å². The number of ketones is 1. The van der Waals surface area contributed by atoms with Crippen molar-refractivity contribution in [1.82, 2.24) is 0 Å². The summed E-state index contributed by atoms with van der Waals surface area (Å²) in [5.41, 5.74) is -1.37. The van der Waals surface area contributed by atoms with Crippen LogP contribution in [0.1, 0.15) is 33.6 Å². The second-order valence-electron chi connectivity index (χ2n) is 6.57. The van der Waals surface area contributed by atoms with Crippen molar-refractivity contribution in [2.75, 3.05) is 14.2 Å². The van der Waals surface area contributed by atoms with E-state index in [0.717, 1.165) is 18.4 Å². The Morgan fingerprint density at radius 2 is 2.05 bits per heavy atom. The topological polar surface area (TPSA) is 72.8 Å². The lowest BCUT2D eigenvalue weighted by Crippen LogP contribution is -2.46. The third kappa shape index (κ3) is 2.42. The largest absolute Gasteiger partial charge is 0.467 e. The fourth-order valence-electron chi connectivity index (χ4n) is 3.49. The molecule has 0 aromatic carbocycles. The van der Waals surface area contributed by atoms with Gasteiger partial charge in [0.25, 0.3) is 0 Å². The van der Waals surface area contributed by atoms with Crippen LogP contribution in [0, 0.1) is 11.3 Å². The molecule has 1 fully saturated rings. The standard InChI is InChI=1S/C17H24O5/c1-10-6-7-14(21-4)11-8-13(18)12(9-16(10,11)2)17(3,20)15(19)22-5/h8-10,14,20H,6-7H2,1-5H3/t10-,14+,16+,17+/m0/s1. The van der Waals surface area contributed by atoms with E-state index < -0.39 is 17.0 Å². The zero-order valence-corrected chi connectivity index (χ0v) is 13.8. The first-order valence-corrected chi connectivity index (χ1v) is 7.51. The van der Waals surface area contributed by atoms with Gasteiger partial charge >= 0.3 is 5.97 Å². The molecule has 1 N–H and O–H groups in total. The van der Waals surface area contributed by atoms with E-state index in [-0.39, 0.29) is 23.4 Å². The number of ether oxygens (including phenoxy) is 2. The van der Waals surface area contributed by atoms with Gasteiger partial charge in [0, 0.05) is 18.1 Å². The zero-order valence-electron chi connectivity index (χ0n) is 13.8. The van der Waals surface area contributed by atoms with Gasteiger partial charge in [-0.25, -0.2) is 4.79 Å². The molecule has 0 spiro atoms. The summed E-state index contributed by atoms with van der Waals surface area (Å²) >= 11 is 0. The quantitative estimate of drug-likeness (QED) is 0.805. The summed E-state index contributed by atoms with van der Waals surface area (Å²) in [5.74, 6) is -0.917. The van der Waals surface area contributed by atoms with Crippen LogP contribution in [0.3, 0.4) is 0 Å². The maximum atomic E-state index is 12.5. The maximum Gasteiger partial charge on any atom is 0.342 e. The van der Waals surface area contributed by atoms with Crippen molar-refractivity contribution in [3.05, 3.63) is 23.3 Å². The van der Waals surface area contributed by atoms with Crippen LogP contribution in [0.25, 0.3) is 0 Å². The summed E-state index contributed by atoms with van der Waals surface area (Å²) in [6, 6.07) is 0. The second kappa shape index (κ2) is 5.63. The Morgan fingerprint density at radius 1 is 1.41 bits per heavy atom. The molecule has 5 nitrogen and oxygen atoms in total. The summed E-state index contributed by atoms with van der Waals surface area (Å²) in [7, 11) is 2.83. The summed E-state index contributed by atoms with van der Waals surface area (Å²) in [6.45, 7) is 5.43. The molecular formula is C17H24O5. The van der Waals surface area contributed by atoms with Crippen LogP contribution < -0.4 is 0 Å². The molecule has 2 rings (SSSR count). The van der Waals surface area contributed by atoms with Crippen LogP contribution in [-0.4, -0.2) is 42.8 Å². The predicted molar refractivity (Wildman–Crippen MR) is 81.1 cm³/mol. The van der Waals surface area contributed by atoms with E-state index in [9.17, 15) is 14.7 Å². The molecule has 0 aliphatic heterocycles. The minimum atomic E-state index is -1.95. The van der Waals surface area contributed by atoms with Gasteiger partial charge in [-0.15, -0.1) is 0 Å². The molecule has 22 heavy (non-hydrogen) atoms. The van der Waals surface area contributed by atoms with Crippen molar-refractivity contribution < 1.29 is 24.2 Å². The molecule has 5 heteroatoms. The normalized spacial score (nSPS) is 34.2. The smallest absolute Gasteiger partial charge is 0.342 e. The van der Waals surface area contributed by atoms with E-state index in [1.54, 1.807) is 13.2 Å². The average molecular weight is 308 g/mol. The summed E-state index contributed by atoms with van der Waals surface area (Å²) in [4.78, 5) is 24.3. The third-order valence-corrected chi connectivity index (χ3v) is 5.24. The SMILES string of the molecule is COC(=O)[C@](C)(O)C1=C[C@@]2(C)C(=CC1=O)[C@H](OC)CC[C@@H]2C. The molecule has 0 amide bonds. The van der Waals surface area contributed by atoms with Gasteiger partial charge in [-0.3, -0.25) is 4.79 Å². The van der Waals surface area contributed by atoms with Crippen molar-refractivity contribution in [1.29, 1.82) is 0 Å². The third-order valence-electron chi connectivity index (χ3n) is 5.24. The molecule has 0 unspecified atom stereocenters. The minimum absolute atomic E-state index is 0.0780. The summed E-state index contributed by atoms with van der Waals surface area (Å²) < 4.78 is 10.1. The van der Waals surface area contributed by atoms with Crippen LogP contribution in [0.5, 0.6) is 0 Å². The first-order chi connectivity index (χ1) is 10.2. The highest BCUT2D eigenvalue weighted by atomic mass is 16.5. The number of esters is 1. The van der Waals surface area contributed by atoms with Crippen molar-refractivity contribution in [3.63, 3.8) is 0 Å². The molecule has 0 aromatic rings. The lowest BCUT2D eigenvalue weighted by atomic mass is 9.60. The Labute approximate surface area is 131 Å². The number of hydrogen-bond donors (Lipinski definition) is 1. The number of aliphatic hydroxyl groups is 1. The number of allylic oxidation sites excluding steroid dienone is 2. The van der Waals surface area contributed by atoms with Crippen LogP contribution in [-0.2, 0) is 19.1 Å². The molecule has 0 bridgehead atoms. The van der Waals surface area contributed by atoms with Gasteiger partial charge in [0.1, 0.15) is 0 Å². The fourth-order valence-corrected chi connectivity index (χ4v) is 3.49. The highest BCUT2D eigenvalue weighted by Crippen LogP contribution is 2.50. The van der Waals surface area contributed by atoms with E-state index in [4.69, 9.17) is 4.74 Å². The van der Waals surface area contributed by atoms with E-state index in [1.165, 1.54) is 20.1 Å². The predicted octanol–water partition coefficient (Wildman–Crippen LogP) is 1.80. The number of carbonyl (C=O) groups is 2. The van der Waals surface area contributed by atoms with Crippen molar-refractivity contribution in [3.8, 4) is 0 Å². The van der Waals surface area contributed by atoms with Gasteiger partial charge in [-0.1, -0.05) is 19.9 Å². The van der Waals surface area contributed by atoms with Gasteiger partial charge in [0.05, 0.1) is 13.2 Å². The monoisotopic (exact) mass is 308 g/mol. The highest BCUT2D eigenvalue weighted by molar-refractivity contribution is 6.11. The fraction of sp³-hybridized carbons (Fsp3) is 0.647. The van der Waals surface area contributed by atoms with E-state index in [0.29, 0.717) is 0 Å². The Hall–Kier alpha value is -1.46. The Kier molecular flexibility index (Phi) is 4.33. The first kappa shape index (κ1) is 16.9. The summed E-state index contributed by atoms with van der Waals surface area (Å²) in [5, 5.41) is 10.5. The lowest BCUT2D eigenvalue weighted by Gasteiger charge is -2.46. The zero-order chi connectivity index (χ0) is 16.7. The molecule has 4 atom stereocenters. The molecule has 2 aliphatic rings. The number of rotatable bonds is 3.